The van der Waals surface area contributed by atoms with Crippen LogP contribution in [0.15, 0.2) is 72.8 Å². The van der Waals surface area contributed by atoms with Gasteiger partial charge in [-0.05, 0) is 46.2 Å². The van der Waals surface area contributed by atoms with Crippen LogP contribution < -0.4 is 0 Å². The minimum atomic E-state index is -5.60. The first-order valence-electron chi connectivity index (χ1n) is 12.6. The monoisotopic (exact) mass is 576 g/mol. The van der Waals surface area contributed by atoms with Crippen LogP contribution in [0.5, 0.6) is 0 Å². The summed E-state index contributed by atoms with van der Waals surface area (Å²) in [6.07, 6.45) is 0. The van der Waals surface area contributed by atoms with Crippen molar-refractivity contribution in [2.24, 2.45) is 0 Å². The van der Waals surface area contributed by atoms with E-state index in [2.05, 4.69) is 0 Å². The molecule has 0 saturated heterocycles. The van der Waals surface area contributed by atoms with Crippen molar-refractivity contribution in [2.75, 3.05) is 0 Å². The zero-order valence-corrected chi connectivity index (χ0v) is 23.3. The predicted octanol–water partition coefficient (Wildman–Crippen LogP) is 11.2. The van der Waals surface area contributed by atoms with Crippen LogP contribution in [0.2, 0.25) is 0 Å². The number of alkyl halides is 6. The Morgan fingerprint density at radius 1 is 0.538 bits per heavy atom. The molecule has 8 heteroatoms. The molecule has 5 rings (SSSR count). The number of thiophene rings is 2. The Morgan fingerprint density at radius 3 is 1.18 bits per heavy atom. The lowest BCUT2D eigenvalue weighted by Crippen LogP contribution is -2.48. The molecule has 39 heavy (non-hydrogen) atoms. The molecule has 1 aliphatic carbocycles. The van der Waals surface area contributed by atoms with Crippen LogP contribution in [0.1, 0.15) is 60.4 Å². The van der Waals surface area contributed by atoms with E-state index in [1.165, 1.54) is 0 Å². The number of allylic oxidation sites excluding steroid dienone is 2. The van der Waals surface area contributed by atoms with Crippen LogP contribution in [-0.4, -0.2) is 17.8 Å². The number of hydrogen-bond acceptors (Lipinski definition) is 2. The second-order valence-corrected chi connectivity index (χ2v) is 12.4. The Labute approximate surface area is 231 Å². The summed E-state index contributed by atoms with van der Waals surface area (Å²) < 4.78 is 93.3. The van der Waals surface area contributed by atoms with Gasteiger partial charge in [0, 0.05) is 19.5 Å². The zero-order valence-electron chi connectivity index (χ0n) is 21.7. The third-order valence-electron chi connectivity index (χ3n) is 7.00. The second-order valence-electron chi connectivity index (χ2n) is 10.3. The topological polar surface area (TPSA) is 0 Å². The summed E-state index contributed by atoms with van der Waals surface area (Å²) in [5.41, 5.74) is -0.463. The quantitative estimate of drug-likeness (QED) is 0.200. The van der Waals surface area contributed by atoms with Crippen molar-refractivity contribution in [3.63, 3.8) is 0 Å². The van der Waals surface area contributed by atoms with Crippen LogP contribution in [0.4, 0.5) is 26.3 Å². The highest BCUT2D eigenvalue weighted by molar-refractivity contribution is 7.18. The maximum atomic E-state index is 15.7. The highest BCUT2D eigenvalue weighted by Gasteiger charge is 2.80. The third-order valence-corrected chi connectivity index (χ3v) is 9.44. The maximum absolute atomic E-state index is 15.7. The highest BCUT2D eigenvalue weighted by Crippen LogP contribution is 2.67. The summed E-state index contributed by atoms with van der Waals surface area (Å²) in [5, 5.41) is 0. The molecule has 0 radical (unpaired) electrons. The predicted molar refractivity (Wildman–Crippen MR) is 149 cm³/mol. The Balaban J connectivity index is 1.87. The molecule has 0 atom stereocenters. The first-order chi connectivity index (χ1) is 18.3. The molecule has 2 aromatic carbocycles. The van der Waals surface area contributed by atoms with E-state index >= 15 is 26.3 Å². The molecule has 0 fully saturated rings. The van der Waals surface area contributed by atoms with E-state index in [1.807, 2.05) is 0 Å². The Kier molecular flexibility index (Phi) is 6.87. The molecule has 0 saturated carbocycles. The second kappa shape index (κ2) is 9.66. The lowest BCUT2D eigenvalue weighted by Gasteiger charge is -2.26. The molecule has 1 aliphatic rings. The summed E-state index contributed by atoms with van der Waals surface area (Å²) in [6.45, 7) is 6.95. The van der Waals surface area contributed by atoms with Crippen molar-refractivity contribution in [3.05, 3.63) is 93.7 Å². The average molecular weight is 577 g/mol. The lowest BCUT2D eigenvalue weighted by molar-refractivity contribution is -0.254. The van der Waals surface area contributed by atoms with Crippen molar-refractivity contribution in [2.45, 2.75) is 57.3 Å². The first-order valence-corrected chi connectivity index (χ1v) is 14.2. The minimum Gasteiger partial charge on any atom is -0.194 e. The molecule has 0 bridgehead atoms. The van der Waals surface area contributed by atoms with Gasteiger partial charge in [0.15, 0.2) is 0 Å². The van der Waals surface area contributed by atoms with Crippen LogP contribution >= 0.6 is 22.7 Å². The van der Waals surface area contributed by atoms with Gasteiger partial charge in [-0.15, -0.1) is 22.7 Å². The van der Waals surface area contributed by atoms with Crippen LogP contribution in [0, 0.1) is 0 Å². The molecule has 0 amide bonds. The van der Waals surface area contributed by atoms with E-state index in [-0.39, 0.29) is 21.6 Å². The normalized spacial score (nSPS) is 17.9. The van der Waals surface area contributed by atoms with Crippen LogP contribution in [-0.2, 0) is 0 Å². The smallest absolute Gasteiger partial charge is 0.194 e. The van der Waals surface area contributed by atoms with Gasteiger partial charge in [0.05, 0.1) is 11.1 Å². The molecule has 2 aromatic heterocycles. The van der Waals surface area contributed by atoms with Crippen molar-refractivity contribution in [1.29, 1.82) is 0 Å². The van der Waals surface area contributed by atoms with Crippen molar-refractivity contribution in [1.82, 2.24) is 0 Å². The van der Waals surface area contributed by atoms with Gasteiger partial charge in [-0.2, -0.15) is 26.3 Å². The van der Waals surface area contributed by atoms with E-state index < -0.39 is 28.9 Å². The highest BCUT2D eigenvalue weighted by atomic mass is 32.1. The molecule has 0 aliphatic heterocycles. The van der Waals surface area contributed by atoms with Gasteiger partial charge in [0.25, 0.3) is 0 Å². The Morgan fingerprint density at radius 2 is 0.872 bits per heavy atom. The Hall–Kier alpha value is -2.84. The standard InChI is InChI=1S/C31H26F6S2/c1-17(2)21-15-23(19-11-7-5-8-12-19)38-27(21)25-26(30(34,35)31(36,37)29(25,32)33)28-22(18(3)4)16-24(39-28)20-13-9-6-10-14-20/h5-18H,1-4H3. The SMILES string of the molecule is CC(C)c1cc(-c2ccccc2)sc1C1=C(c2sc(-c3ccccc3)cc2C(C)C)C(F)(F)C(F)(F)C1(F)F. The summed E-state index contributed by atoms with van der Waals surface area (Å²) >= 11 is 1.72. The fourth-order valence-electron chi connectivity index (χ4n) is 4.89. The Bertz CT molecular complexity index is 1410. The molecule has 204 valence electrons. The summed E-state index contributed by atoms with van der Waals surface area (Å²) in [4.78, 5) is 0.668. The summed E-state index contributed by atoms with van der Waals surface area (Å²) in [7, 11) is 0. The maximum Gasteiger partial charge on any atom is 0.380 e. The molecule has 0 spiro atoms. The fourth-order valence-corrected chi connectivity index (χ4v) is 7.69. The van der Waals surface area contributed by atoms with Crippen molar-refractivity contribution >= 4 is 33.8 Å². The first kappa shape index (κ1) is 27.7. The van der Waals surface area contributed by atoms with Gasteiger partial charge in [-0.3, -0.25) is 0 Å². The summed E-state index contributed by atoms with van der Waals surface area (Å²) in [6, 6.07) is 21.1. The summed E-state index contributed by atoms with van der Waals surface area (Å²) in [5.74, 6) is -16.5. The van der Waals surface area contributed by atoms with Crippen molar-refractivity contribution in [3.8, 4) is 20.9 Å². The molecule has 0 nitrogen and oxygen atoms in total. The molecule has 0 unspecified atom stereocenters. The molecular weight excluding hydrogens is 550 g/mol. The van der Waals surface area contributed by atoms with E-state index in [4.69, 9.17) is 0 Å². The van der Waals surface area contributed by atoms with Gasteiger partial charge >= 0.3 is 17.8 Å². The minimum absolute atomic E-state index is 0.218. The lowest BCUT2D eigenvalue weighted by atomic mass is 9.93. The van der Waals surface area contributed by atoms with E-state index in [9.17, 15) is 0 Å². The van der Waals surface area contributed by atoms with Gasteiger partial charge in [0.1, 0.15) is 0 Å². The molecule has 4 aromatic rings. The number of hydrogen-bond donors (Lipinski definition) is 0. The van der Waals surface area contributed by atoms with Crippen LogP contribution in [0.25, 0.3) is 32.0 Å². The van der Waals surface area contributed by atoms with Crippen LogP contribution in [0.3, 0.4) is 0 Å². The third kappa shape index (κ3) is 4.27. The van der Waals surface area contributed by atoms with E-state index in [0.29, 0.717) is 32.0 Å². The molecule has 0 N–H and O–H groups in total. The fraction of sp³-hybridized carbons (Fsp3) is 0.290. The zero-order chi connectivity index (χ0) is 28.3. The number of rotatable bonds is 6. The van der Waals surface area contributed by atoms with E-state index in [0.717, 1.165) is 22.7 Å². The average Bonchev–Trinajstić information content (AvgIpc) is 3.55. The number of benzene rings is 2. The van der Waals surface area contributed by atoms with Gasteiger partial charge in [-0.1, -0.05) is 88.4 Å². The molecule has 2 heterocycles. The van der Waals surface area contributed by atoms with E-state index in [1.54, 1.807) is 100 Å². The van der Waals surface area contributed by atoms with Gasteiger partial charge in [-0.25, -0.2) is 0 Å². The molecular formula is C31H26F6S2. The van der Waals surface area contributed by atoms with Crippen molar-refractivity contribution < 1.29 is 26.3 Å². The van der Waals surface area contributed by atoms with Gasteiger partial charge < -0.3 is 0 Å². The number of halogens is 6. The largest absolute Gasteiger partial charge is 0.380 e. The van der Waals surface area contributed by atoms with Gasteiger partial charge in [0.2, 0.25) is 0 Å².